The van der Waals surface area contributed by atoms with Crippen molar-refractivity contribution >= 4 is 5.91 Å². The first-order chi connectivity index (χ1) is 7.56. The second-order valence-electron chi connectivity index (χ2n) is 5.05. The Morgan fingerprint density at radius 2 is 1.88 bits per heavy atom. The van der Waals surface area contributed by atoms with Crippen molar-refractivity contribution in [3.63, 3.8) is 0 Å². The van der Waals surface area contributed by atoms with Gasteiger partial charge in [-0.2, -0.15) is 0 Å². The summed E-state index contributed by atoms with van der Waals surface area (Å²) in [6, 6.07) is 0. The van der Waals surface area contributed by atoms with Crippen LogP contribution in [-0.4, -0.2) is 25.5 Å². The number of amides is 1. The summed E-state index contributed by atoms with van der Waals surface area (Å²) in [4.78, 5) is 11.4. The van der Waals surface area contributed by atoms with Gasteiger partial charge in [-0.3, -0.25) is 4.79 Å². The van der Waals surface area contributed by atoms with E-state index in [1.165, 1.54) is 12.8 Å². The van der Waals surface area contributed by atoms with Crippen molar-refractivity contribution in [3.05, 3.63) is 0 Å². The van der Waals surface area contributed by atoms with Gasteiger partial charge in [0.05, 0.1) is 0 Å². The topological polar surface area (TPSA) is 41.1 Å². The fourth-order valence-corrected chi connectivity index (χ4v) is 1.55. The van der Waals surface area contributed by atoms with E-state index in [0.717, 1.165) is 19.6 Å². The number of hydrogen-bond acceptors (Lipinski definition) is 2. The third kappa shape index (κ3) is 9.97. The highest BCUT2D eigenvalue weighted by Gasteiger charge is 2.03. The van der Waals surface area contributed by atoms with Gasteiger partial charge in [0, 0.05) is 19.5 Å². The number of rotatable bonds is 9. The van der Waals surface area contributed by atoms with Gasteiger partial charge < -0.3 is 10.6 Å². The molecule has 0 saturated carbocycles. The molecule has 0 aliphatic rings. The van der Waals surface area contributed by atoms with E-state index in [4.69, 9.17) is 0 Å². The Morgan fingerprint density at radius 1 is 1.19 bits per heavy atom. The number of carbonyl (C=O) groups excluding carboxylic acids is 1. The van der Waals surface area contributed by atoms with Crippen LogP contribution in [-0.2, 0) is 4.79 Å². The van der Waals surface area contributed by atoms with E-state index < -0.39 is 0 Å². The molecule has 2 N–H and O–H groups in total. The molecule has 96 valence electrons. The minimum absolute atomic E-state index is 0.157. The number of carbonyl (C=O) groups is 1. The summed E-state index contributed by atoms with van der Waals surface area (Å²) in [7, 11) is 0. The molecule has 0 aromatic rings. The molecule has 0 spiro atoms. The molecule has 3 heteroatoms. The molecule has 0 fully saturated rings. The van der Waals surface area contributed by atoms with Gasteiger partial charge in [-0.15, -0.1) is 0 Å². The highest BCUT2D eigenvalue weighted by Crippen LogP contribution is 2.02. The van der Waals surface area contributed by atoms with Gasteiger partial charge in [0.15, 0.2) is 0 Å². The van der Waals surface area contributed by atoms with Gasteiger partial charge in [0.25, 0.3) is 0 Å². The van der Waals surface area contributed by atoms with E-state index >= 15 is 0 Å². The minimum Gasteiger partial charge on any atom is -0.356 e. The zero-order valence-electron chi connectivity index (χ0n) is 11.3. The van der Waals surface area contributed by atoms with Crippen LogP contribution in [0.15, 0.2) is 0 Å². The predicted octanol–water partition coefficient (Wildman–Crippen LogP) is 2.17. The molecule has 0 bridgehead atoms. The average molecular weight is 228 g/mol. The van der Waals surface area contributed by atoms with Crippen LogP contribution >= 0.6 is 0 Å². The van der Waals surface area contributed by atoms with Crippen molar-refractivity contribution in [2.24, 2.45) is 11.8 Å². The fraction of sp³-hybridized carbons (Fsp3) is 0.923. The van der Waals surface area contributed by atoms with E-state index in [1.807, 2.05) is 0 Å². The molecule has 0 radical (unpaired) electrons. The van der Waals surface area contributed by atoms with Crippen LogP contribution in [0.2, 0.25) is 0 Å². The van der Waals surface area contributed by atoms with Gasteiger partial charge in [0.2, 0.25) is 5.91 Å². The Morgan fingerprint density at radius 3 is 2.44 bits per heavy atom. The van der Waals surface area contributed by atoms with Crippen LogP contribution in [0.4, 0.5) is 0 Å². The van der Waals surface area contributed by atoms with Crippen molar-refractivity contribution in [1.82, 2.24) is 10.6 Å². The van der Waals surface area contributed by atoms with Crippen molar-refractivity contribution in [3.8, 4) is 0 Å². The van der Waals surface area contributed by atoms with E-state index in [9.17, 15) is 4.79 Å². The van der Waals surface area contributed by atoms with Gasteiger partial charge in [-0.1, -0.05) is 34.1 Å². The highest BCUT2D eigenvalue weighted by atomic mass is 16.1. The van der Waals surface area contributed by atoms with E-state index in [1.54, 1.807) is 0 Å². The monoisotopic (exact) mass is 228 g/mol. The van der Waals surface area contributed by atoms with Crippen LogP contribution in [0.5, 0.6) is 0 Å². The lowest BCUT2D eigenvalue weighted by Crippen LogP contribution is -2.31. The van der Waals surface area contributed by atoms with Gasteiger partial charge in [-0.25, -0.2) is 0 Å². The maximum Gasteiger partial charge on any atom is 0.221 e. The van der Waals surface area contributed by atoms with E-state index in [-0.39, 0.29) is 5.91 Å². The number of hydrogen-bond donors (Lipinski definition) is 2. The Kier molecular flexibility index (Phi) is 9.30. The number of nitrogens with one attached hydrogen (secondary N) is 2. The first kappa shape index (κ1) is 15.4. The third-order valence-corrected chi connectivity index (χ3v) is 2.51. The first-order valence-corrected chi connectivity index (χ1v) is 6.53. The second-order valence-corrected chi connectivity index (χ2v) is 5.05. The third-order valence-electron chi connectivity index (χ3n) is 2.51. The lowest BCUT2D eigenvalue weighted by molar-refractivity contribution is -0.121. The Bertz CT molecular complexity index is 181. The van der Waals surface area contributed by atoms with Gasteiger partial charge in [-0.05, 0) is 24.8 Å². The molecule has 0 heterocycles. The molecule has 0 aromatic carbocycles. The molecular formula is C13H28N2O. The Labute approximate surface area is 100 Å². The van der Waals surface area contributed by atoms with Crippen LogP contribution in [0.3, 0.4) is 0 Å². The molecule has 0 aliphatic heterocycles. The summed E-state index contributed by atoms with van der Waals surface area (Å²) in [5, 5.41) is 6.24. The minimum atomic E-state index is 0.157. The molecule has 3 nitrogen and oxygen atoms in total. The molecular weight excluding hydrogens is 200 g/mol. The van der Waals surface area contributed by atoms with Crippen LogP contribution < -0.4 is 10.6 Å². The standard InChI is InChI=1S/C13H28N2O/c1-5-6-12(4)10-14-8-7-13(16)15-9-11(2)3/h11-12,14H,5-10H2,1-4H3,(H,15,16). The van der Waals surface area contributed by atoms with Crippen molar-refractivity contribution in [1.29, 1.82) is 0 Å². The summed E-state index contributed by atoms with van der Waals surface area (Å²) in [6.45, 7) is 11.2. The molecule has 16 heavy (non-hydrogen) atoms. The summed E-state index contributed by atoms with van der Waals surface area (Å²) in [5.74, 6) is 1.40. The largest absolute Gasteiger partial charge is 0.356 e. The van der Waals surface area contributed by atoms with Crippen molar-refractivity contribution in [2.45, 2.75) is 47.0 Å². The van der Waals surface area contributed by atoms with E-state index in [2.05, 4.69) is 38.3 Å². The maximum absolute atomic E-state index is 11.4. The molecule has 1 atom stereocenters. The predicted molar refractivity (Wildman–Crippen MR) is 69.4 cm³/mol. The summed E-state index contributed by atoms with van der Waals surface area (Å²) in [6.07, 6.45) is 3.08. The lowest BCUT2D eigenvalue weighted by Gasteiger charge is -2.11. The van der Waals surface area contributed by atoms with Gasteiger partial charge >= 0.3 is 0 Å². The lowest BCUT2D eigenvalue weighted by atomic mass is 10.1. The van der Waals surface area contributed by atoms with Crippen molar-refractivity contribution < 1.29 is 4.79 Å². The highest BCUT2D eigenvalue weighted by molar-refractivity contribution is 5.76. The molecule has 0 aliphatic carbocycles. The molecule has 1 amide bonds. The molecule has 0 saturated heterocycles. The maximum atomic E-state index is 11.4. The van der Waals surface area contributed by atoms with Gasteiger partial charge in [0.1, 0.15) is 0 Å². The average Bonchev–Trinajstić information content (AvgIpc) is 2.22. The van der Waals surface area contributed by atoms with E-state index in [0.29, 0.717) is 18.3 Å². The quantitative estimate of drug-likeness (QED) is 0.594. The second kappa shape index (κ2) is 9.64. The van der Waals surface area contributed by atoms with Crippen molar-refractivity contribution in [2.75, 3.05) is 19.6 Å². The molecule has 0 aromatic heterocycles. The summed E-state index contributed by atoms with van der Waals surface area (Å²) in [5.41, 5.74) is 0. The summed E-state index contributed by atoms with van der Waals surface area (Å²) >= 11 is 0. The zero-order chi connectivity index (χ0) is 12.4. The first-order valence-electron chi connectivity index (χ1n) is 6.53. The normalized spacial score (nSPS) is 12.8. The smallest absolute Gasteiger partial charge is 0.221 e. The zero-order valence-corrected chi connectivity index (χ0v) is 11.3. The fourth-order valence-electron chi connectivity index (χ4n) is 1.55. The van der Waals surface area contributed by atoms with Crippen LogP contribution in [0.1, 0.15) is 47.0 Å². The Balaban J connectivity index is 3.34. The SMILES string of the molecule is CCCC(C)CNCCC(=O)NCC(C)C. The van der Waals surface area contributed by atoms with Crippen LogP contribution in [0.25, 0.3) is 0 Å². The summed E-state index contributed by atoms with van der Waals surface area (Å²) < 4.78 is 0. The Hall–Kier alpha value is -0.570. The molecule has 1 unspecified atom stereocenters. The molecule has 0 rings (SSSR count). The van der Waals surface area contributed by atoms with Crippen LogP contribution in [0, 0.1) is 11.8 Å².